The normalized spacial score (nSPS) is 35.8. The summed E-state index contributed by atoms with van der Waals surface area (Å²) >= 11 is 0. The van der Waals surface area contributed by atoms with Crippen LogP contribution in [0.4, 0.5) is 0 Å². The summed E-state index contributed by atoms with van der Waals surface area (Å²) in [5.41, 5.74) is -0.900. The van der Waals surface area contributed by atoms with E-state index in [4.69, 9.17) is 18.9 Å². The number of ether oxygens (including phenoxy) is 4. The fourth-order valence-electron chi connectivity index (χ4n) is 3.11. The number of methoxy groups -OCH3 is 1. The van der Waals surface area contributed by atoms with Crippen LogP contribution in [-0.2, 0) is 28.5 Å². The van der Waals surface area contributed by atoms with E-state index in [0.29, 0.717) is 32.5 Å². The number of carbonyl (C=O) groups is 2. The Morgan fingerprint density at radius 2 is 2.11 bits per heavy atom. The summed E-state index contributed by atoms with van der Waals surface area (Å²) in [5.74, 6) is -1.54. The predicted molar refractivity (Wildman–Crippen MR) is 62.0 cm³/mol. The molecule has 104 valence electrons. The van der Waals surface area contributed by atoms with Crippen LogP contribution < -0.4 is 0 Å². The molecule has 2 heterocycles. The highest BCUT2D eigenvalue weighted by Crippen LogP contribution is 2.49. The molecule has 0 aromatic rings. The summed E-state index contributed by atoms with van der Waals surface area (Å²) in [5, 5.41) is 0. The second kappa shape index (κ2) is 4.31. The number of fused-ring (bicyclic) bond motifs is 1. The maximum atomic E-state index is 12.1. The first-order chi connectivity index (χ1) is 9.10. The molecular weight excluding hydrogens is 252 g/mol. The van der Waals surface area contributed by atoms with Gasteiger partial charge in [0.15, 0.2) is 5.79 Å². The van der Waals surface area contributed by atoms with Crippen molar-refractivity contribution in [2.24, 2.45) is 5.41 Å². The van der Waals surface area contributed by atoms with Gasteiger partial charge in [-0.25, -0.2) is 4.79 Å². The minimum Gasteiger partial charge on any atom is -0.468 e. The fourth-order valence-corrected chi connectivity index (χ4v) is 3.11. The molecule has 2 aliphatic heterocycles. The molecule has 0 bridgehead atoms. The van der Waals surface area contributed by atoms with Gasteiger partial charge in [-0.05, 0) is 6.42 Å². The first-order valence-corrected chi connectivity index (χ1v) is 6.36. The smallest absolute Gasteiger partial charge is 0.330 e. The van der Waals surface area contributed by atoms with Gasteiger partial charge in [0.05, 0.1) is 20.3 Å². The first-order valence-electron chi connectivity index (χ1n) is 6.36. The summed E-state index contributed by atoms with van der Waals surface area (Å²) in [4.78, 5) is 23.5. The van der Waals surface area contributed by atoms with Crippen molar-refractivity contribution in [2.45, 2.75) is 31.2 Å². The van der Waals surface area contributed by atoms with Crippen LogP contribution in [0.5, 0.6) is 0 Å². The average Bonchev–Trinajstić information content (AvgIpc) is 2.86. The van der Waals surface area contributed by atoms with Crippen molar-refractivity contribution in [1.82, 2.24) is 0 Å². The Labute approximate surface area is 110 Å². The third kappa shape index (κ3) is 1.86. The summed E-state index contributed by atoms with van der Waals surface area (Å²) < 4.78 is 21.5. The molecule has 3 rings (SSSR count). The Hall–Kier alpha value is -1.40. The van der Waals surface area contributed by atoms with Crippen LogP contribution in [0.1, 0.15) is 19.3 Å². The van der Waals surface area contributed by atoms with Gasteiger partial charge < -0.3 is 18.9 Å². The van der Waals surface area contributed by atoms with Gasteiger partial charge in [-0.3, -0.25) is 4.79 Å². The summed E-state index contributed by atoms with van der Waals surface area (Å²) in [6, 6.07) is 0. The fraction of sp³-hybridized carbons (Fsp3) is 0.692. The van der Waals surface area contributed by atoms with E-state index in [1.165, 1.54) is 13.2 Å². The first kappa shape index (κ1) is 12.6. The summed E-state index contributed by atoms with van der Waals surface area (Å²) in [6.45, 7) is 1.06. The maximum Gasteiger partial charge on any atom is 0.330 e. The zero-order valence-corrected chi connectivity index (χ0v) is 10.7. The van der Waals surface area contributed by atoms with Gasteiger partial charge in [-0.2, -0.15) is 0 Å². The van der Waals surface area contributed by atoms with E-state index < -0.39 is 23.3 Å². The minimum atomic E-state index is -0.900. The zero-order valence-electron chi connectivity index (χ0n) is 10.7. The average molecular weight is 268 g/mol. The van der Waals surface area contributed by atoms with Crippen molar-refractivity contribution in [1.29, 1.82) is 0 Å². The standard InChI is InChI=1S/C13H16O6/c1-16-11(15)12-3-2-10(14)19-9(12)8-13(5-4-12)17-6-7-18-13/h2-3,9H,4-8H2,1H3. The Bertz CT molecular complexity index is 436. The van der Waals surface area contributed by atoms with Gasteiger partial charge in [0.1, 0.15) is 11.5 Å². The largest absolute Gasteiger partial charge is 0.468 e. The summed E-state index contributed by atoms with van der Waals surface area (Å²) in [7, 11) is 1.34. The highest BCUT2D eigenvalue weighted by atomic mass is 16.7. The molecule has 0 N–H and O–H groups in total. The van der Waals surface area contributed by atoms with Gasteiger partial charge in [-0.1, -0.05) is 6.08 Å². The Kier molecular flexibility index (Phi) is 2.87. The van der Waals surface area contributed by atoms with Gasteiger partial charge in [0.2, 0.25) is 0 Å². The maximum absolute atomic E-state index is 12.1. The monoisotopic (exact) mass is 268 g/mol. The van der Waals surface area contributed by atoms with E-state index in [0.717, 1.165) is 0 Å². The predicted octanol–water partition coefficient (Wildman–Crippen LogP) is 0.554. The Balaban J connectivity index is 1.91. The summed E-state index contributed by atoms with van der Waals surface area (Å²) in [6.07, 6.45) is 3.73. The number of esters is 2. The van der Waals surface area contributed by atoms with Crippen molar-refractivity contribution in [3.05, 3.63) is 12.2 Å². The van der Waals surface area contributed by atoms with Crippen molar-refractivity contribution in [3.8, 4) is 0 Å². The van der Waals surface area contributed by atoms with Crippen molar-refractivity contribution in [3.63, 3.8) is 0 Å². The lowest BCUT2D eigenvalue weighted by atomic mass is 9.68. The van der Waals surface area contributed by atoms with Gasteiger partial charge >= 0.3 is 11.9 Å². The molecule has 2 atom stereocenters. The lowest BCUT2D eigenvalue weighted by Crippen LogP contribution is -2.55. The van der Waals surface area contributed by atoms with Crippen LogP contribution in [0.25, 0.3) is 0 Å². The molecule has 1 spiro atoms. The molecule has 19 heavy (non-hydrogen) atoms. The molecule has 0 aromatic heterocycles. The van der Waals surface area contributed by atoms with Crippen LogP contribution in [0, 0.1) is 5.41 Å². The van der Waals surface area contributed by atoms with Crippen LogP contribution in [0.15, 0.2) is 12.2 Å². The molecular formula is C13H16O6. The molecule has 6 nitrogen and oxygen atoms in total. The highest BCUT2D eigenvalue weighted by molar-refractivity contribution is 5.89. The lowest BCUT2D eigenvalue weighted by molar-refractivity contribution is -0.226. The van der Waals surface area contributed by atoms with E-state index >= 15 is 0 Å². The molecule has 0 amide bonds. The Morgan fingerprint density at radius 1 is 1.37 bits per heavy atom. The minimum absolute atomic E-state index is 0.359. The van der Waals surface area contributed by atoms with E-state index in [1.807, 2.05) is 0 Å². The van der Waals surface area contributed by atoms with Gasteiger partial charge in [0, 0.05) is 18.9 Å². The van der Waals surface area contributed by atoms with Crippen LogP contribution in [-0.4, -0.2) is 44.2 Å². The van der Waals surface area contributed by atoms with Crippen molar-refractivity contribution in [2.75, 3.05) is 20.3 Å². The molecule has 1 saturated carbocycles. The third-order valence-electron chi connectivity index (χ3n) is 4.14. The molecule has 1 saturated heterocycles. The topological polar surface area (TPSA) is 71.1 Å². The quantitative estimate of drug-likeness (QED) is 0.647. The van der Waals surface area contributed by atoms with Crippen LogP contribution >= 0.6 is 0 Å². The number of carbonyl (C=O) groups excluding carboxylic acids is 2. The second-order valence-electron chi connectivity index (χ2n) is 5.10. The van der Waals surface area contributed by atoms with Gasteiger partial charge in [0.25, 0.3) is 0 Å². The van der Waals surface area contributed by atoms with E-state index in [1.54, 1.807) is 6.08 Å². The number of rotatable bonds is 1. The molecule has 6 heteroatoms. The van der Waals surface area contributed by atoms with E-state index in [9.17, 15) is 9.59 Å². The van der Waals surface area contributed by atoms with E-state index in [-0.39, 0.29) is 5.97 Å². The molecule has 1 aliphatic carbocycles. The molecule has 3 aliphatic rings. The number of hydrogen-bond acceptors (Lipinski definition) is 6. The van der Waals surface area contributed by atoms with Crippen LogP contribution in [0.2, 0.25) is 0 Å². The third-order valence-corrected chi connectivity index (χ3v) is 4.14. The molecule has 0 radical (unpaired) electrons. The van der Waals surface area contributed by atoms with Crippen molar-refractivity contribution >= 4 is 11.9 Å². The van der Waals surface area contributed by atoms with Crippen molar-refractivity contribution < 1.29 is 28.5 Å². The highest BCUT2D eigenvalue weighted by Gasteiger charge is 2.58. The Morgan fingerprint density at radius 3 is 2.79 bits per heavy atom. The van der Waals surface area contributed by atoms with E-state index in [2.05, 4.69) is 0 Å². The SMILES string of the molecule is COC(=O)C12C=CC(=O)OC1CC1(CC2)OCCO1. The second-order valence-corrected chi connectivity index (χ2v) is 5.10. The zero-order chi connectivity index (χ0) is 13.5. The number of hydrogen-bond donors (Lipinski definition) is 0. The van der Waals surface area contributed by atoms with Crippen LogP contribution in [0.3, 0.4) is 0 Å². The van der Waals surface area contributed by atoms with Gasteiger partial charge in [-0.15, -0.1) is 0 Å². The molecule has 2 unspecified atom stereocenters. The molecule has 0 aromatic carbocycles. The lowest BCUT2D eigenvalue weighted by Gasteiger charge is -2.46. The molecule has 2 fully saturated rings.